The fourth-order valence-corrected chi connectivity index (χ4v) is 9.72. The normalized spacial score (nSPS) is 51.3. The third-order valence-electron chi connectivity index (χ3n) is 12.0. The molecule has 228 valence electrons. The minimum absolute atomic E-state index is 0.00784. The number of aldehydes is 1. The Balaban J connectivity index is 1.22. The van der Waals surface area contributed by atoms with Crippen LogP contribution in [0.15, 0.2) is 27.6 Å². The van der Waals surface area contributed by atoms with Crippen LogP contribution >= 0.6 is 0 Å². The number of hydrogen-bond acceptors (Lipinski definition) is 11. The summed E-state index contributed by atoms with van der Waals surface area (Å²) >= 11 is 0. The van der Waals surface area contributed by atoms with Crippen LogP contribution in [0.5, 0.6) is 0 Å². The van der Waals surface area contributed by atoms with E-state index in [0.717, 1.165) is 18.3 Å². The van der Waals surface area contributed by atoms with Gasteiger partial charge in [0.2, 0.25) is 0 Å². The summed E-state index contributed by atoms with van der Waals surface area (Å²) in [5.41, 5.74) is -3.50. The Hall–Kier alpha value is -1.70. The lowest BCUT2D eigenvalue weighted by molar-refractivity contribution is -0.322. The molecule has 6 rings (SSSR count). The molecule has 2 heterocycles. The van der Waals surface area contributed by atoms with Gasteiger partial charge in [0.1, 0.15) is 30.7 Å². The van der Waals surface area contributed by atoms with Crippen molar-refractivity contribution in [1.29, 1.82) is 0 Å². The summed E-state index contributed by atoms with van der Waals surface area (Å²) in [5, 5.41) is 64.7. The third-order valence-corrected chi connectivity index (χ3v) is 12.0. The summed E-state index contributed by atoms with van der Waals surface area (Å²) in [6.45, 7) is 1.53. The molecule has 1 saturated heterocycles. The van der Waals surface area contributed by atoms with Crippen molar-refractivity contribution >= 4 is 6.29 Å². The van der Waals surface area contributed by atoms with Gasteiger partial charge in [-0.05, 0) is 80.8 Å². The molecule has 0 amide bonds. The van der Waals surface area contributed by atoms with Crippen molar-refractivity contribution in [2.24, 2.45) is 22.7 Å². The number of hydrogen-bond donors (Lipinski definition) is 6. The van der Waals surface area contributed by atoms with E-state index >= 15 is 0 Å². The molecular formula is C30H42O11. The van der Waals surface area contributed by atoms with E-state index in [1.807, 2.05) is 0 Å². The zero-order valence-electron chi connectivity index (χ0n) is 23.3. The first-order valence-electron chi connectivity index (χ1n) is 14.9. The molecule has 0 bridgehead atoms. The second kappa shape index (κ2) is 10.2. The van der Waals surface area contributed by atoms with Gasteiger partial charge in [0, 0.05) is 17.9 Å². The molecule has 11 nitrogen and oxygen atoms in total. The standard InChI is InChI=1S/C30H42O11/c1-27-8-5-19-20(30(27,38)11-7-18(27)16-2-3-22(33)39-14-16)6-10-29(37)12-17(4-9-28(19,29)15-32)40-26-25(36)24(35)23(34)21(13-31)41-26/h2-3,14-15,17-21,23-26,31,34-38H,4-13H2,1H3. The number of aliphatic hydroxyl groups excluding tert-OH is 4. The molecule has 6 N–H and O–H groups in total. The topological polar surface area (TPSA) is 187 Å². The first-order chi connectivity index (χ1) is 19.4. The van der Waals surface area contributed by atoms with Crippen molar-refractivity contribution < 1.29 is 49.3 Å². The van der Waals surface area contributed by atoms with E-state index in [-0.39, 0.29) is 24.2 Å². The molecule has 5 fully saturated rings. The number of carbonyl (C=O) groups excluding carboxylic acids is 1. The van der Waals surface area contributed by atoms with Crippen molar-refractivity contribution in [3.05, 3.63) is 34.4 Å². The molecule has 0 spiro atoms. The summed E-state index contributed by atoms with van der Waals surface area (Å²) in [6, 6.07) is 3.19. The van der Waals surface area contributed by atoms with E-state index < -0.39 is 71.1 Å². The van der Waals surface area contributed by atoms with Gasteiger partial charge in [0.25, 0.3) is 0 Å². The van der Waals surface area contributed by atoms with E-state index in [0.29, 0.717) is 44.9 Å². The maximum atomic E-state index is 13.0. The predicted molar refractivity (Wildman–Crippen MR) is 141 cm³/mol. The first-order valence-corrected chi connectivity index (χ1v) is 14.9. The van der Waals surface area contributed by atoms with Gasteiger partial charge in [0.15, 0.2) is 6.29 Å². The highest BCUT2D eigenvalue weighted by atomic mass is 16.7. The number of fused-ring (bicyclic) bond motifs is 5. The van der Waals surface area contributed by atoms with Gasteiger partial charge in [-0.25, -0.2) is 4.79 Å². The number of ether oxygens (including phenoxy) is 2. The summed E-state index contributed by atoms with van der Waals surface area (Å²) in [6.07, 6.45) is -0.939. The Morgan fingerprint density at radius 3 is 2.41 bits per heavy atom. The smallest absolute Gasteiger partial charge is 0.335 e. The van der Waals surface area contributed by atoms with Crippen molar-refractivity contribution in [2.75, 3.05) is 6.61 Å². The molecular weight excluding hydrogens is 536 g/mol. The Bertz CT molecular complexity index is 1180. The lowest BCUT2D eigenvalue weighted by atomic mass is 9.41. The van der Waals surface area contributed by atoms with Gasteiger partial charge >= 0.3 is 5.63 Å². The number of aliphatic hydroxyl groups is 6. The van der Waals surface area contributed by atoms with Gasteiger partial charge in [-0.15, -0.1) is 0 Å². The molecule has 13 unspecified atom stereocenters. The predicted octanol–water partition coefficient (Wildman–Crippen LogP) is 0.360. The molecule has 1 aromatic heterocycles. The number of carbonyl (C=O) groups is 1. The SMILES string of the molecule is CC12CCC3C(CCC4(O)CC(OC5OC(CO)C(O)C(O)C5O)CCC34C=O)C1(O)CCC2c1ccc(=O)oc1. The molecule has 4 saturated carbocycles. The molecule has 4 aliphatic carbocycles. The van der Waals surface area contributed by atoms with E-state index in [1.165, 1.54) is 12.3 Å². The molecule has 0 aromatic carbocycles. The molecule has 11 heteroatoms. The van der Waals surface area contributed by atoms with Crippen LogP contribution in [0.4, 0.5) is 0 Å². The fraction of sp³-hybridized carbons (Fsp3) is 0.800. The van der Waals surface area contributed by atoms with Gasteiger partial charge in [-0.2, -0.15) is 0 Å². The van der Waals surface area contributed by atoms with E-state index in [9.17, 15) is 40.2 Å². The number of rotatable bonds is 5. The van der Waals surface area contributed by atoms with Crippen molar-refractivity contribution in [1.82, 2.24) is 0 Å². The monoisotopic (exact) mass is 578 g/mol. The largest absolute Gasteiger partial charge is 0.431 e. The van der Waals surface area contributed by atoms with Crippen LogP contribution in [0.2, 0.25) is 0 Å². The van der Waals surface area contributed by atoms with Crippen LogP contribution in [0.25, 0.3) is 0 Å². The van der Waals surface area contributed by atoms with Crippen LogP contribution < -0.4 is 5.63 Å². The summed E-state index contributed by atoms with van der Waals surface area (Å²) in [7, 11) is 0. The Kier molecular flexibility index (Phi) is 7.30. The molecule has 1 aliphatic heterocycles. The molecule has 0 radical (unpaired) electrons. The van der Waals surface area contributed by atoms with Crippen molar-refractivity contribution in [3.63, 3.8) is 0 Å². The summed E-state index contributed by atoms with van der Waals surface area (Å²) in [5.74, 6) is -0.402. The fourth-order valence-electron chi connectivity index (χ4n) is 9.72. The van der Waals surface area contributed by atoms with Gasteiger partial charge in [-0.1, -0.05) is 6.92 Å². The maximum Gasteiger partial charge on any atom is 0.335 e. The highest BCUT2D eigenvalue weighted by molar-refractivity contribution is 5.64. The molecule has 1 aromatic rings. The van der Waals surface area contributed by atoms with Crippen molar-refractivity contribution in [2.45, 2.75) is 119 Å². The molecule has 13 atom stereocenters. The highest BCUT2D eigenvalue weighted by Gasteiger charge is 2.71. The quantitative estimate of drug-likeness (QED) is 0.209. The van der Waals surface area contributed by atoms with E-state index in [2.05, 4.69) is 6.92 Å². The minimum Gasteiger partial charge on any atom is -0.431 e. The van der Waals surface area contributed by atoms with Gasteiger partial charge in [0.05, 0.1) is 35.6 Å². The van der Waals surface area contributed by atoms with E-state index in [1.54, 1.807) is 6.07 Å². The highest BCUT2D eigenvalue weighted by Crippen LogP contribution is 2.71. The van der Waals surface area contributed by atoms with Crippen LogP contribution in [0.3, 0.4) is 0 Å². The average Bonchev–Trinajstić information content (AvgIpc) is 3.24. The Morgan fingerprint density at radius 2 is 1.73 bits per heavy atom. The first kappa shape index (κ1) is 29.4. The third kappa shape index (κ3) is 4.15. The van der Waals surface area contributed by atoms with Crippen LogP contribution in [-0.2, 0) is 14.3 Å². The lowest BCUT2D eigenvalue weighted by Gasteiger charge is -2.65. The summed E-state index contributed by atoms with van der Waals surface area (Å²) < 4.78 is 16.7. The van der Waals surface area contributed by atoms with Gasteiger partial charge < -0.3 is 49.3 Å². The zero-order valence-corrected chi connectivity index (χ0v) is 23.3. The maximum absolute atomic E-state index is 13.0. The average molecular weight is 579 g/mol. The van der Waals surface area contributed by atoms with Gasteiger partial charge in [-0.3, -0.25) is 0 Å². The van der Waals surface area contributed by atoms with Crippen LogP contribution in [-0.4, -0.2) is 91.5 Å². The second-order valence-corrected chi connectivity index (χ2v) is 13.5. The minimum atomic E-state index is -1.57. The van der Waals surface area contributed by atoms with E-state index in [4.69, 9.17) is 13.9 Å². The Labute approximate surface area is 238 Å². The van der Waals surface area contributed by atoms with Crippen LogP contribution in [0.1, 0.15) is 76.2 Å². The Morgan fingerprint density at radius 1 is 0.976 bits per heavy atom. The summed E-state index contributed by atoms with van der Waals surface area (Å²) in [4.78, 5) is 24.6. The second-order valence-electron chi connectivity index (χ2n) is 13.5. The molecule has 41 heavy (non-hydrogen) atoms. The zero-order chi connectivity index (χ0) is 29.4. The van der Waals surface area contributed by atoms with Crippen LogP contribution in [0, 0.1) is 22.7 Å². The lowest BCUT2D eigenvalue weighted by Crippen LogP contribution is -2.69. The molecule has 5 aliphatic rings. The van der Waals surface area contributed by atoms with Crippen molar-refractivity contribution in [3.8, 4) is 0 Å².